The highest BCUT2D eigenvalue weighted by atomic mass is 19.1. The fraction of sp³-hybridized carbons (Fsp3) is 0.682. The Labute approximate surface area is 161 Å². The van der Waals surface area contributed by atoms with E-state index in [0.29, 0.717) is 31.5 Å². The van der Waals surface area contributed by atoms with E-state index in [1.165, 1.54) is 18.6 Å². The first-order chi connectivity index (χ1) is 12.9. The van der Waals surface area contributed by atoms with Gasteiger partial charge in [-0.1, -0.05) is 12.1 Å². The first-order valence-corrected chi connectivity index (χ1v) is 10.4. The van der Waals surface area contributed by atoms with Gasteiger partial charge in [-0.25, -0.2) is 4.39 Å². The Balaban J connectivity index is 1.46. The van der Waals surface area contributed by atoms with Crippen LogP contribution in [-0.2, 0) is 10.4 Å². The number of likely N-dealkylation sites (tertiary alicyclic amines) is 1. The zero-order chi connectivity index (χ0) is 19.2. The van der Waals surface area contributed by atoms with Gasteiger partial charge in [0.15, 0.2) is 0 Å². The first kappa shape index (κ1) is 18.9. The Morgan fingerprint density at radius 3 is 2.19 bits per heavy atom. The Kier molecular flexibility index (Phi) is 5.02. The van der Waals surface area contributed by atoms with Gasteiger partial charge in [0, 0.05) is 24.2 Å². The fourth-order valence-electron chi connectivity index (χ4n) is 5.72. The molecule has 0 spiro atoms. The van der Waals surface area contributed by atoms with Crippen LogP contribution in [0.25, 0.3) is 0 Å². The highest BCUT2D eigenvalue weighted by Crippen LogP contribution is 2.45. The number of halogens is 1. The van der Waals surface area contributed by atoms with E-state index in [-0.39, 0.29) is 23.8 Å². The molecule has 1 amide bonds. The van der Waals surface area contributed by atoms with Crippen LogP contribution in [0.5, 0.6) is 0 Å². The van der Waals surface area contributed by atoms with Crippen molar-refractivity contribution in [3.05, 3.63) is 35.6 Å². The molecular formula is C22H31FN2O2. The Bertz CT molecular complexity index is 668. The maximum absolute atomic E-state index is 13.3. The van der Waals surface area contributed by atoms with Crippen molar-refractivity contribution in [3.63, 3.8) is 0 Å². The summed E-state index contributed by atoms with van der Waals surface area (Å²) >= 11 is 0. The van der Waals surface area contributed by atoms with Gasteiger partial charge in [-0.2, -0.15) is 0 Å². The predicted octanol–water partition coefficient (Wildman–Crippen LogP) is 3.43. The quantitative estimate of drug-likeness (QED) is 0.882. The van der Waals surface area contributed by atoms with Crippen molar-refractivity contribution in [3.8, 4) is 0 Å². The summed E-state index contributed by atoms with van der Waals surface area (Å²) in [6.07, 6.45) is 6.66. The molecule has 0 aliphatic carbocycles. The topological polar surface area (TPSA) is 43.8 Å². The lowest BCUT2D eigenvalue weighted by Gasteiger charge is -2.45. The molecule has 2 bridgehead atoms. The van der Waals surface area contributed by atoms with E-state index >= 15 is 0 Å². The lowest BCUT2D eigenvalue weighted by molar-refractivity contribution is -0.141. The molecule has 148 valence electrons. The molecule has 1 N–H and O–H groups in total. The van der Waals surface area contributed by atoms with Gasteiger partial charge in [0.05, 0.1) is 12.1 Å². The molecule has 0 radical (unpaired) electrons. The van der Waals surface area contributed by atoms with Crippen LogP contribution in [0.3, 0.4) is 0 Å². The Morgan fingerprint density at radius 1 is 1.07 bits per heavy atom. The molecule has 0 aromatic heterocycles. The summed E-state index contributed by atoms with van der Waals surface area (Å²) in [4.78, 5) is 17.5. The van der Waals surface area contributed by atoms with Crippen LogP contribution in [0.4, 0.5) is 4.39 Å². The number of fused-ring (bicyclic) bond motifs is 2. The maximum Gasteiger partial charge on any atom is 0.237 e. The molecule has 3 aliphatic rings. The second kappa shape index (κ2) is 7.17. The van der Waals surface area contributed by atoms with E-state index in [2.05, 4.69) is 23.6 Å². The molecule has 3 heterocycles. The lowest BCUT2D eigenvalue weighted by atomic mass is 9.80. The normalized spacial score (nSPS) is 36.8. The highest BCUT2D eigenvalue weighted by Gasteiger charge is 2.49. The van der Waals surface area contributed by atoms with Crippen molar-refractivity contribution in [1.82, 2.24) is 9.80 Å². The molecule has 4 unspecified atom stereocenters. The number of piperidine rings is 2. The largest absolute Gasteiger partial charge is 0.385 e. The fourth-order valence-corrected chi connectivity index (χ4v) is 5.72. The summed E-state index contributed by atoms with van der Waals surface area (Å²) in [6.45, 7) is 4.78. The molecule has 27 heavy (non-hydrogen) atoms. The molecule has 4 rings (SSSR count). The van der Waals surface area contributed by atoms with E-state index in [1.807, 2.05) is 0 Å². The van der Waals surface area contributed by atoms with Crippen molar-refractivity contribution in [2.24, 2.45) is 0 Å². The summed E-state index contributed by atoms with van der Waals surface area (Å²) in [5, 5.41) is 11.3. The summed E-state index contributed by atoms with van der Waals surface area (Å²) in [7, 11) is 0. The predicted molar refractivity (Wildman–Crippen MR) is 103 cm³/mol. The molecule has 3 saturated heterocycles. The zero-order valence-corrected chi connectivity index (χ0v) is 16.4. The van der Waals surface area contributed by atoms with Crippen LogP contribution in [0.1, 0.15) is 64.4 Å². The lowest BCUT2D eigenvalue weighted by Crippen LogP contribution is -2.56. The molecule has 1 aromatic rings. The number of nitrogens with zero attached hydrogens (tertiary/aromatic N) is 2. The second-order valence-corrected chi connectivity index (χ2v) is 8.93. The molecule has 4 nitrogen and oxygen atoms in total. The third-order valence-electron chi connectivity index (χ3n) is 7.10. The number of amides is 1. The van der Waals surface area contributed by atoms with E-state index in [1.54, 1.807) is 12.1 Å². The third-order valence-corrected chi connectivity index (χ3v) is 7.10. The van der Waals surface area contributed by atoms with E-state index in [0.717, 1.165) is 31.2 Å². The van der Waals surface area contributed by atoms with Crippen LogP contribution in [0, 0.1) is 5.82 Å². The van der Waals surface area contributed by atoms with Gasteiger partial charge in [0.25, 0.3) is 0 Å². The number of carbonyl (C=O) groups is 1. The first-order valence-electron chi connectivity index (χ1n) is 10.4. The van der Waals surface area contributed by atoms with Gasteiger partial charge < -0.3 is 10.0 Å². The zero-order valence-electron chi connectivity index (χ0n) is 16.4. The van der Waals surface area contributed by atoms with Crippen molar-refractivity contribution in [2.45, 2.75) is 88.6 Å². The average molecular weight is 375 g/mol. The number of hydrogen-bond acceptors (Lipinski definition) is 3. The summed E-state index contributed by atoms with van der Waals surface area (Å²) in [5.41, 5.74) is -0.116. The van der Waals surface area contributed by atoms with Crippen molar-refractivity contribution < 1.29 is 14.3 Å². The van der Waals surface area contributed by atoms with Crippen molar-refractivity contribution >= 4 is 5.91 Å². The van der Waals surface area contributed by atoms with Crippen LogP contribution >= 0.6 is 0 Å². The van der Waals surface area contributed by atoms with Gasteiger partial charge in [-0.05, 0) is 76.5 Å². The van der Waals surface area contributed by atoms with Crippen LogP contribution < -0.4 is 0 Å². The average Bonchev–Trinajstić information content (AvgIpc) is 2.86. The standard InChI is InChI=1S/C22H31FN2O2/c1-15-4-3-5-16(2)25(15)21(26)14-24-19-10-11-20(24)13-22(27,12-19)17-6-8-18(23)9-7-17/h6-9,15-16,19-20,27H,3-5,10-14H2,1-2H3. The number of carbonyl (C=O) groups excluding carboxylic acids is 1. The second-order valence-electron chi connectivity index (χ2n) is 8.93. The summed E-state index contributed by atoms with van der Waals surface area (Å²) in [5.74, 6) is -0.0445. The van der Waals surface area contributed by atoms with Gasteiger partial charge in [-0.3, -0.25) is 9.69 Å². The van der Waals surface area contributed by atoms with Gasteiger partial charge in [0.2, 0.25) is 5.91 Å². The molecule has 4 atom stereocenters. The minimum Gasteiger partial charge on any atom is -0.385 e. The third kappa shape index (κ3) is 3.52. The number of benzene rings is 1. The summed E-state index contributed by atoms with van der Waals surface area (Å²) < 4.78 is 13.3. The van der Waals surface area contributed by atoms with Gasteiger partial charge in [0.1, 0.15) is 5.82 Å². The number of aliphatic hydroxyl groups is 1. The van der Waals surface area contributed by atoms with E-state index in [4.69, 9.17) is 0 Å². The molecule has 3 fully saturated rings. The minimum absolute atomic E-state index is 0.221. The number of hydrogen-bond donors (Lipinski definition) is 1. The summed E-state index contributed by atoms with van der Waals surface area (Å²) in [6, 6.07) is 7.32. The van der Waals surface area contributed by atoms with Gasteiger partial charge in [-0.15, -0.1) is 0 Å². The van der Waals surface area contributed by atoms with Crippen molar-refractivity contribution in [1.29, 1.82) is 0 Å². The molecular weight excluding hydrogens is 343 g/mol. The van der Waals surface area contributed by atoms with Crippen LogP contribution in [0.2, 0.25) is 0 Å². The minimum atomic E-state index is -0.912. The van der Waals surface area contributed by atoms with E-state index in [9.17, 15) is 14.3 Å². The molecule has 1 aromatic carbocycles. The van der Waals surface area contributed by atoms with Crippen molar-refractivity contribution in [2.75, 3.05) is 6.54 Å². The van der Waals surface area contributed by atoms with Gasteiger partial charge >= 0.3 is 0 Å². The monoisotopic (exact) mass is 374 g/mol. The SMILES string of the molecule is CC1CCCC(C)N1C(=O)CN1C2CCC1CC(O)(c1ccc(F)cc1)C2. The Hall–Kier alpha value is -1.46. The molecule has 3 aliphatic heterocycles. The van der Waals surface area contributed by atoms with E-state index < -0.39 is 5.60 Å². The highest BCUT2D eigenvalue weighted by molar-refractivity contribution is 5.79. The van der Waals surface area contributed by atoms with Crippen LogP contribution in [0.15, 0.2) is 24.3 Å². The Morgan fingerprint density at radius 2 is 1.63 bits per heavy atom. The smallest absolute Gasteiger partial charge is 0.237 e. The van der Waals surface area contributed by atoms with Crippen LogP contribution in [-0.4, -0.2) is 51.5 Å². The molecule has 5 heteroatoms. The molecule has 0 saturated carbocycles. The number of rotatable bonds is 3. The maximum atomic E-state index is 13.3.